The summed E-state index contributed by atoms with van der Waals surface area (Å²) >= 11 is 1.54. The minimum absolute atomic E-state index is 0.564. The Bertz CT molecular complexity index is 485. The zero-order valence-electron chi connectivity index (χ0n) is 9.36. The van der Waals surface area contributed by atoms with Crippen molar-refractivity contribution in [3.05, 3.63) is 52.0 Å². The molecule has 1 heterocycles. The molecule has 5 heteroatoms. The predicted molar refractivity (Wildman–Crippen MR) is 63.6 cm³/mol. The third-order valence-corrected chi connectivity index (χ3v) is 2.99. The van der Waals surface area contributed by atoms with Crippen LogP contribution in [-0.2, 0) is 13.1 Å². The first-order chi connectivity index (χ1) is 8.15. The molecule has 0 aliphatic heterocycles. The molecular formula is C12H12F2N2S. The molecule has 0 spiro atoms. The summed E-state index contributed by atoms with van der Waals surface area (Å²) in [5.41, 5.74) is 3.52. The van der Waals surface area contributed by atoms with E-state index >= 15 is 0 Å². The summed E-state index contributed by atoms with van der Waals surface area (Å²) in [4.78, 5) is 6.17. The number of nitrogens with zero attached hydrogens (tertiary/aromatic N) is 2. The Morgan fingerprint density at radius 1 is 1.24 bits per heavy atom. The maximum atomic E-state index is 13.0. The third kappa shape index (κ3) is 3.31. The van der Waals surface area contributed by atoms with E-state index in [1.165, 1.54) is 6.07 Å². The van der Waals surface area contributed by atoms with E-state index < -0.39 is 11.6 Å². The van der Waals surface area contributed by atoms with Gasteiger partial charge in [0.25, 0.3) is 0 Å². The number of benzene rings is 1. The van der Waals surface area contributed by atoms with Crippen LogP contribution in [0.3, 0.4) is 0 Å². The lowest BCUT2D eigenvalue weighted by molar-refractivity contribution is 0.315. The molecule has 0 N–H and O–H groups in total. The Hall–Kier alpha value is -1.33. The summed E-state index contributed by atoms with van der Waals surface area (Å²) in [5, 5.41) is 1.97. The van der Waals surface area contributed by atoms with Crippen molar-refractivity contribution < 1.29 is 8.78 Å². The summed E-state index contributed by atoms with van der Waals surface area (Å²) in [6.07, 6.45) is 0. The van der Waals surface area contributed by atoms with Crippen LogP contribution in [0.15, 0.2) is 29.1 Å². The Morgan fingerprint density at radius 3 is 2.71 bits per heavy atom. The lowest BCUT2D eigenvalue weighted by Crippen LogP contribution is -2.17. The second-order valence-corrected chi connectivity index (χ2v) is 4.62. The highest BCUT2D eigenvalue weighted by Gasteiger charge is 2.06. The van der Waals surface area contributed by atoms with Crippen molar-refractivity contribution in [1.29, 1.82) is 0 Å². The van der Waals surface area contributed by atoms with Gasteiger partial charge >= 0.3 is 0 Å². The molecule has 90 valence electrons. The van der Waals surface area contributed by atoms with E-state index in [-0.39, 0.29) is 0 Å². The van der Waals surface area contributed by atoms with Crippen LogP contribution in [0.5, 0.6) is 0 Å². The van der Waals surface area contributed by atoms with Gasteiger partial charge in [-0.15, -0.1) is 11.3 Å². The van der Waals surface area contributed by atoms with E-state index in [9.17, 15) is 8.78 Å². The van der Waals surface area contributed by atoms with Gasteiger partial charge in [-0.25, -0.2) is 13.8 Å². The normalized spacial score (nSPS) is 11.1. The van der Waals surface area contributed by atoms with Crippen LogP contribution in [0, 0.1) is 11.6 Å². The smallest absolute Gasteiger partial charge is 0.159 e. The summed E-state index contributed by atoms with van der Waals surface area (Å²) in [5.74, 6) is -1.61. The summed E-state index contributed by atoms with van der Waals surface area (Å²) < 4.78 is 25.7. The fourth-order valence-electron chi connectivity index (χ4n) is 1.60. The Labute approximate surface area is 103 Å². The van der Waals surface area contributed by atoms with Crippen LogP contribution in [-0.4, -0.2) is 16.9 Å². The third-order valence-electron chi connectivity index (χ3n) is 2.35. The maximum Gasteiger partial charge on any atom is 0.159 e. The topological polar surface area (TPSA) is 16.1 Å². The SMILES string of the molecule is CN(Cc1ccc(F)c(F)c1)Cc1cscn1. The van der Waals surface area contributed by atoms with Crippen molar-refractivity contribution in [3.8, 4) is 0 Å². The second kappa shape index (κ2) is 5.33. The number of rotatable bonds is 4. The quantitative estimate of drug-likeness (QED) is 0.833. The largest absolute Gasteiger partial charge is 0.296 e. The molecule has 0 atom stereocenters. The standard InChI is InChI=1S/C12H12F2N2S/c1-16(6-10-7-17-8-15-10)5-9-2-3-11(13)12(14)4-9/h2-4,7-8H,5-6H2,1H3. The van der Waals surface area contributed by atoms with Gasteiger partial charge < -0.3 is 0 Å². The van der Waals surface area contributed by atoms with Crippen molar-refractivity contribution in [2.75, 3.05) is 7.05 Å². The molecule has 2 rings (SSSR count). The van der Waals surface area contributed by atoms with E-state index in [2.05, 4.69) is 4.98 Å². The van der Waals surface area contributed by atoms with Crippen molar-refractivity contribution >= 4 is 11.3 Å². The highest BCUT2D eigenvalue weighted by atomic mass is 32.1. The molecule has 0 unspecified atom stereocenters. The van der Waals surface area contributed by atoms with Gasteiger partial charge in [-0.2, -0.15) is 0 Å². The number of thiazole rings is 1. The summed E-state index contributed by atoms with van der Waals surface area (Å²) in [6, 6.07) is 3.98. The molecule has 2 nitrogen and oxygen atoms in total. The molecule has 0 saturated heterocycles. The monoisotopic (exact) mass is 254 g/mol. The van der Waals surface area contributed by atoms with Crippen molar-refractivity contribution in [3.63, 3.8) is 0 Å². The second-order valence-electron chi connectivity index (χ2n) is 3.90. The Morgan fingerprint density at radius 2 is 2.06 bits per heavy atom. The van der Waals surface area contributed by atoms with Gasteiger partial charge in [-0.3, -0.25) is 4.90 Å². The van der Waals surface area contributed by atoms with Crippen LogP contribution < -0.4 is 0 Å². The van der Waals surface area contributed by atoms with E-state index in [1.807, 2.05) is 17.3 Å². The van der Waals surface area contributed by atoms with Crippen molar-refractivity contribution in [2.24, 2.45) is 0 Å². The molecule has 0 fully saturated rings. The molecule has 0 saturated carbocycles. The predicted octanol–water partition coefficient (Wildman–Crippen LogP) is 3.05. The van der Waals surface area contributed by atoms with Crippen LogP contribution in [0.1, 0.15) is 11.3 Å². The number of hydrogen-bond donors (Lipinski definition) is 0. The highest BCUT2D eigenvalue weighted by Crippen LogP contribution is 2.12. The highest BCUT2D eigenvalue weighted by molar-refractivity contribution is 7.07. The fourth-order valence-corrected chi connectivity index (χ4v) is 2.15. The Kier molecular flexibility index (Phi) is 3.81. The molecule has 0 radical (unpaired) electrons. The van der Waals surface area contributed by atoms with Gasteiger partial charge in [0, 0.05) is 18.5 Å². The zero-order chi connectivity index (χ0) is 12.3. The molecule has 17 heavy (non-hydrogen) atoms. The van der Waals surface area contributed by atoms with Gasteiger partial charge in [-0.05, 0) is 24.7 Å². The van der Waals surface area contributed by atoms with Crippen LogP contribution in [0.2, 0.25) is 0 Å². The number of aromatic nitrogens is 1. The van der Waals surface area contributed by atoms with Gasteiger partial charge in [0.2, 0.25) is 0 Å². The van der Waals surface area contributed by atoms with E-state index in [1.54, 1.807) is 22.9 Å². The van der Waals surface area contributed by atoms with E-state index in [0.717, 1.165) is 17.3 Å². The lowest BCUT2D eigenvalue weighted by Gasteiger charge is -2.15. The summed E-state index contributed by atoms with van der Waals surface area (Å²) in [6.45, 7) is 1.26. The van der Waals surface area contributed by atoms with Crippen molar-refractivity contribution in [1.82, 2.24) is 9.88 Å². The zero-order valence-corrected chi connectivity index (χ0v) is 10.2. The molecule has 0 amide bonds. The van der Waals surface area contributed by atoms with Crippen molar-refractivity contribution in [2.45, 2.75) is 13.1 Å². The fraction of sp³-hybridized carbons (Fsp3) is 0.250. The minimum Gasteiger partial charge on any atom is -0.296 e. The molecule has 1 aromatic heterocycles. The molecule has 0 aliphatic carbocycles. The van der Waals surface area contributed by atoms with Gasteiger partial charge in [0.1, 0.15) is 0 Å². The van der Waals surface area contributed by atoms with Crippen LogP contribution >= 0.6 is 11.3 Å². The first-order valence-electron chi connectivity index (χ1n) is 5.14. The number of hydrogen-bond acceptors (Lipinski definition) is 3. The summed E-state index contributed by atoms with van der Waals surface area (Å²) in [7, 11) is 1.92. The van der Waals surface area contributed by atoms with Gasteiger partial charge in [0.15, 0.2) is 11.6 Å². The molecule has 2 aromatic rings. The molecule has 1 aromatic carbocycles. The first-order valence-corrected chi connectivity index (χ1v) is 6.09. The average Bonchev–Trinajstić information content (AvgIpc) is 2.76. The minimum atomic E-state index is -0.809. The Balaban J connectivity index is 1.98. The molecule has 0 aliphatic rings. The van der Waals surface area contributed by atoms with E-state index in [0.29, 0.717) is 13.1 Å². The van der Waals surface area contributed by atoms with Crippen LogP contribution in [0.25, 0.3) is 0 Å². The maximum absolute atomic E-state index is 13.0. The molecule has 0 bridgehead atoms. The number of halogens is 2. The lowest BCUT2D eigenvalue weighted by atomic mass is 10.2. The van der Waals surface area contributed by atoms with E-state index in [4.69, 9.17) is 0 Å². The average molecular weight is 254 g/mol. The van der Waals surface area contributed by atoms with Gasteiger partial charge in [0.05, 0.1) is 11.2 Å². The van der Waals surface area contributed by atoms with Crippen LogP contribution in [0.4, 0.5) is 8.78 Å². The molecular weight excluding hydrogens is 242 g/mol. The van der Waals surface area contributed by atoms with Gasteiger partial charge in [-0.1, -0.05) is 6.07 Å². The first kappa shape index (κ1) is 12.1.